The van der Waals surface area contributed by atoms with Crippen LogP contribution in [0.4, 0.5) is 10.8 Å². The van der Waals surface area contributed by atoms with Crippen molar-refractivity contribution in [3.05, 3.63) is 54.1 Å². The lowest BCUT2D eigenvalue weighted by molar-refractivity contribution is -0.119. The fourth-order valence-electron chi connectivity index (χ4n) is 3.29. The van der Waals surface area contributed by atoms with Crippen LogP contribution in [-0.4, -0.2) is 23.0 Å². The van der Waals surface area contributed by atoms with E-state index in [0.29, 0.717) is 0 Å². The molecule has 1 aromatic heterocycles. The number of aromatic nitrogens is 1. The first-order chi connectivity index (χ1) is 11.6. The molecule has 4 nitrogen and oxygen atoms in total. The van der Waals surface area contributed by atoms with E-state index in [9.17, 15) is 4.79 Å². The molecule has 122 valence electrons. The quantitative estimate of drug-likeness (QED) is 0.783. The van der Waals surface area contributed by atoms with Crippen molar-refractivity contribution in [2.24, 2.45) is 0 Å². The van der Waals surface area contributed by atoms with Crippen molar-refractivity contribution in [1.29, 1.82) is 0 Å². The van der Waals surface area contributed by atoms with Crippen molar-refractivity contribution in [3.8, 4) is 0 Å². The molecule has 0 aliphatic carbocycles. The molecule has 2 heterocycles. The minimum atomic E-state index is -0.320. The highest BCUT2D eigenvalue weighted by atomic mass is 32.1. The number of nitrogens with zero attached hydrogens (tertiary/aromatic N) is 2. The Morgan fingerprint density at radius 3 is 2.83 bits per heavy atom. The number of benzene rings is 2. The van der Waals surface area contributed by atoms with Crippen LogP contribution in [0.1, 0.15) is 19.4 Å². The minimum absolute atomic E-state index is 0.0895. The molecule has 0 radical (unpaired) electrons. The number of hydrogen-bond acceptors (Lipinski definition) is 4. The zero-order valence-corrected chi connectivity index (χ0v) is 14.5. The third kappa shape index (κ3) is 2.55. The Morgan fingerprint density at radius 2 is 2.00 bits per heavy atom. The second-order valence-corrected chi connectivity index (χ2v) is 7.27. The number of hydrogen-bond donors (Lipinski definition) is 1. The molecule has 3 aromatic rings. The van der Waals surface area contributed by atoms with Crippen LogP contribution in [0.3, 0.4) is 0 Å². The molecule has 0 fully saturated rings. The van der Waals surface area contributed by atoms with Crippen molar-refractivity contribution in [2.45, 2.75) is 32.4 Å². The van der Waals surface area contributed by atoms with Gasteiger partial charge in [-0.2, -0.15) is 0 Å². The van der Waals surface area contributed by atoms with Gasteiger partial charge in [0, 0.05) is 11.7 Å². The number of nitrogens with one attached hydrogen (secondary N) is 1. The number of anilines is 2. The van der Waals surface area contributed by atoms with Crippen molar-refractivity contribution in [2.75, 3.05) is 10.2 Å². The zero-order valence-electron chi connectivity index (χ0n) is 13.7. The van der Waals surface area contributed by atoms with Gasteiger partial charge in [0.05, 0.1) is 10.2 Å². The van der Waals surface area contributed by atoms with Crippen LogP contribution in [-0.2, 0) is 11.2 Å². The van der Waals surface area contributed by atoms with Crippen LogP contribution in [0.15, 0.2) is 48.5 Å². The number of carbonyl (C=O) groups excluding carboxylic acids is 1. The molecule has 0 bridgehead atoms. The van der Waals surface area contributed by atoms with Gasteiger partial charge in [-0.25, -0.2) is 4.98 Å². The van der Waals surface area contributed by atoms with Crippen LogP contribution in [0.5, 0.6) is 0 Å². The maximum absolute atomic E-state index is 13.0. The summed E-state index contributed by atoms with van der Waals surface area (Å²) in [7, 11) is 0. The van der Waals surface area contributed by atoms with Crippen LogP contribution < -0.4 is 10.2 Å². The second-order valence-electron chi connectivity index (χ2n) is 6.24. The van der Waals surface area contributed by atoms with Crippen molar-refractivity contribution < 1.29 is 4.79 Å². The molecule has 4 rings (SSSR count). The molecule has 0 spiro atoms. The van der Waals surface area contributed by atoms with Gasteiger partial charge in [0.1, 0.15) is 6.04 Å². The van der Waals surface area contributed by atoms with Crippen molar-refractivity contribution in [3.63, 3.8) is 0 Å². The van der Waals surface area contributed by atoms with E-state index in [2.05, 4.69) is 23.3 Å². The lowest BCUT2D eigenvalue weighted by Gasteiger charge is -2.26. The Balaban J connectivity index is 1.56. The smallest absolute Gasteiger partial charge is 0.249 e. The molecule has 1 aliphatic heterocycles. The van der Waals surface area contributed by atoms with E-state index in [1.54, 1.807) is 11.3 Å². The summed E-state index contributed by atoms with van der Waals surface area (Å²) >= 11 is 1.58. The average Bonchev–Trinajstić information content (AvgIpc) is 3.13. The Hall–Kier alpha value is -2.40. The summed E-state index contributed by atoms with van der Waals surface area (Å²) < 4.78 is 1.12. The number of fused-ring (bicyclic) bond motifs is 2. The van der Waals surface area contributed by atoms with Gasteiger partial charge in [0.25, 0.3) is 0 Å². The van der Waals surface area contributed by atoms with E-state index in [1.807, 2.05) is 54.3 Å². The summed E-state index contributed by atoms with van der Waals surface area (Å²) in [5.41, 5.74) is 3.24. The van der Waals surface area contributed by atoms with E-state index in [0.717, 1.165) is 27.5 Å². The first kappa shape index (κ1) is 15.1. The summed E-state index contributed by atoms with van der Waals surface area (Å²) in [5.74, 6) is 0.0895. The van der Waals surface area contributed by atoms with Gasteiger partial charge in [-0.1, -0.05) is 41.7 Å². The molecule has 0 saturated carbocycles. The van der Waals surface area contributed by atoms with Gasteiger partial charge in [0.2, 0.25) is 5.91 Å². The first-order valence-electron chi connectivity index (χ1n) is 8.16. The Morgan fingerprint density at radius 1 is 1.25 bits per heavy atom. The van der Waals surface area contributed by atoms with Gasteiger partial charge < -0.3 is 10.2 Å². The SMILES string of the molecule is C[C@H](Nc1nc2ccccc2s1)C(=O)N1c2ccccc2C[C@@H]1C. The maximum atomic E-state index is 13.0. The van der Waals surface area contributed by atoms with E-state index in [-0.39, 0.29) is 18.0 Å². The average molecular weight is 337 g/mol. The monoisotopic (exact) mass is 337 g/mol. The molecular weight excluding hydrogens is 318 g/mol. The van der Waals surface area contributed by atoms with E-state index < -0.39 is 0 Å². The lowest BCUT2D eigenvalue weighted by atomic mass is 10.1. The highest BCUT2D eigenvalue weighted by Gasteiger charge is 2.33. The Kier molecular flexibility index (Phi) is 3.73. The summed E-state index contributed by atoms with van der Waals surface area (Å²) in [6.07, 6.45) is 0.912. The van der Waals surface area contributed by atoms with E-state index in [1.165, 1.54) is 5.56 Å². The van der Waals surface area contributed by atoms with Crippen molar-refractivity contribution in [1.82, 2.24) is 4.98 Å². The number of para-hydroxylation sites is 2. The van der Waals surface area contributed by atoms with Crippen LogP contribution >= 0.6 is 11.3 Å². The highest BCUT2D eigenvalue weighted by Crippen LogP contribution is 2.33. The van der Waals surface area contributed by atoms with Crippen LogP contribution in [0.25, 0.3) is 10.2 Å². The third-order valence-electron chi connectivity index (χ3n) is 4.45. The third-order valence-corrected chi connectivity index (χ3v) is 5.42. The van der Waals surface area contributed by atoms with Gasteiger partial charge in [-0.05, 0) is 44.0 Å². The molecular formula is C19H19N3OS. The lowest BCUT2D eigenvalue weighted by Crippen LogP contribution is -2.44. The molecule has 2 aromatic carbocycles. The molecule has 2 atom stereocenters. The molecule has 5 heteroatoms. The van der Waals surface area contributed by atoms with Gasteiger partial charge in [-0.15, -0.1) is 0 Å². The summed E-state index contributed by atoms with van der Waals surface area (Å²) in [5, 5.41) is 4.06. The van der Waals surface area contributed by atoms with E-state index >= 15 is 0 Å². The Labute approximate surface area is 145 Å². The van der Waals surface area contributed by atoms with Crippen LogP contribution in [0.2, 0.25) is 0 Å². The molecule has 0 unspecified atom stereocenters. The minimum Gasteiger partial charge on any atom is -0.350 e. The summed E-state index contributed by atoms with van der Waals surface area (Å²) in [6.45, 7) is 4.00. The number of thiazole rings is 1. The molecule has 1 aliphatic rings. The number of carbonyl (C=O) groups is 1. The topological polar surface area (TPSA) is 45.2 Å². The number of amides is 1. The molecule has 1 amide bonds. The fourth-order valence-corrected chi connectivity index (χ4v) is 4.24. The van der Waals surface area contributed by atoms with Crippen LogP contribution in [0, 0.1) is 0 Å². The van der Waals surface area contributed by atoms with Gasteiger partial charge in [-0.3, -0.25) is 4.79 Å². The fraction of sp³-hybridized carbons (Fsp3) is 0.263. The molecule has 1 N–H and O–H groups in total. The van der Waals surface area contributed by atoms with Crippen molar-refractivity contribution >= 4 is 38.3 Å². The largest absolute Gasteiger partial charge is 0.350 e. The predicted octanol–water partition coefficient (Wildman–Crippen LogP) is 4.07. The number of rotatable bonds is 3. The first-order valence-corrected chi connectivity index (χ1v) is 8.98. The molecule has 0 saturated heterocycles. The highest BCUT2D eigenvalue weighted by molar-refractivity contribution is 7.22. The maximum Gasteiger partial charge on any atom is 0.249 e. The Bertz CT molecular complexity index is 871. The summed E-state index contributed by atoms with van der Waals surface area (Å²) in [4.78, 5) is 19.5. The normalized spacial score (nSPS) is 17.8. The molecule has 24 heavy (non-hydrogen) atoms. The van der Waals surface area contributed by atoms with Gasteiger partial charge >= 0.3 is 0 Å². The zero-order chi connectivity index (χ0) is 16.7. The predicted molar refractivity (Wildman–Crippen MR) is 99.8 cm³/mol. The standard InChI is InChI=1S/C19H19N3OS/c1-12-11-14-7-3-5-9-16(14)22(12)18(23)13(2)20-19-21-15-8-4-6-10-17(15)24-19/h3-10,12-13H,11H2,1-2H3,(H,20,21)/t12-,13-/m0/s1. The second kappa shape index (κ2) is 5.91. The summed E-state index contributed by atoms with van der Waals surface area (Å²) in [6, 6.07) is 16.0. The van der Waals surface area contributed by atoms with Gasteiger partial charge in [0.15, 0.2) is 5.13 Å². The van der Waals surface area contributed by atoms with E-state index in [4.69, 9.17) is 0 Å².